The number of rotatable bonds is 5. The van der Waals surface area contributed by atoms with Gasteiger partial charge in [-0.05, 0) is 6.92 Å². The minimum absolute atomic E-state index is 0.267. The van der Waals surface area contributed by atoms with Crippen LogP contribution in [0.5, 0.6) is 0 Å². The largest absolute Gasteiger partial charge is 0.468 e. The molecule has 0 spiro atoms. The number of ether oxygens (including phenoxy) is 1. The third-order valence-electron chi connectivity index (χ3n) is 2.34. The van der Waals surface area contributed by atoms with Crippen LogP contribution in [0.2, 0.25) is 0 Å². The summed E-state index contributed by atoms with van der Waals surface area (Å²) in [5.41, 5.74) is 0.488. The van der Waals surface area contributed by atoms with Gasteiger partial charge in [0.25, 0.3) is 11.1 Å². The number of hydrogen-bond acceptors (Lipinski definition) is 8. The van der Waals surface area contributed by atoms with Crippen molar-refractivity contribution in [2.45, 2.75) is 30.7 Å². The van der Waals surface area contributed by atoms with Gasteiger partial charge in [-0.1, -0.05) is 23.8 Å². The summed E-state index contributed by atoms with van der Waals surface area (Å²) in [5.74, 6) is 0.660. The SMILES string of the molecule is CCc1cc(-c2nnc(SC(C)C(=O)OC)o2)no1. The maximum absolute atomic E-state index is 11.3. The molecule has 1 unspecified atom stereocenters. The van der Waals surface area contributed by atoms with E-state index in [0.29, 0.717) is 5.69 Å². The maximum Gasteiger partial charge on any atom is 0.319 e. The van der Waals surface area contributed by atoms with Crippen LogP contribution in [0.1, 0.15) is 19.6 Å². The highest BCUT2D eigenvalue weighted by Gasteiger charge is 2.20. The number of aromatic nitrogens is 3. The molecule has 7 nitrogen and oxygen atoms in total. The highest BCUT2D eigenvalue weighted by Crippen LogP contribution is 2.26. The lowest BCUT2D eigenvalue weighted by Gasteiger charge is -2.03. The predicted molar refractivity (Wildman–Crippen MR) is 66.5 cm³/mol. The molecule has 0 saturated heterocycles. The fourth-order valence-corrected chi connectivity index (χ4v) is 2.02. The van der Waals surface area contributed by atoms with Crippen molar-refractivity contribution in [3.8, 4) is 11.6 Å². The van der Waals surface area contributed by atoms with Gasteiger partial charge in [-0.25, -0.2) is 0 Å². The van der Waals surface area contributed by atoms with Gasteiger partial charge in [0.05, 0.1) is 7.11 Å². The Morgan fingerprint density at radius 2 is 2.32 bits per heavy atom. The van der Waals surface area contributed by atoms with E-state index in [1.165, 1.54) is 7.11 Å². The molecule has 0 amide bonds. The summed E-state index contributed by atoms with van der Waals surface area (Å²) in [7, 11) is 1.33. The molecule has 2 heterocycles. The quantitative estimate of drug-likeness (QED) is 0.607. The lowest BCUT2D eigenvalue weighted by Crippen LogP contribution is -2.14. The number of nitrogens with zero attached hydrogens (tertiary/aromatic N) is 3. The molecule has 0 fully saturated rings. The first-order chi connectivity index (χ1) is 9.13. The van der Waals surface area contributed by atoms with E-state index in [1.807, 2.05) is 6.92 Å². The van der Waals surface area contributed by atoms with Gasteiger partial charge < -0.3 is 13.7 Å². The average molecular weight is 283 g/mol. The Morgan fingerprint density at radius 1 is 1.53 bits per heavy atom. The van der Waals surface area contributed by atoms with Gasteiger partial charge in [0.2, 0.25) is 0 Å². The zero-order valence-electron chi connectivity index (χ0n) is 10.7. The van der Waals surface area contributed by atoms with Gasteiger partial charge in [0.1, 0.15) is 11.0 Å². The van der Waals surface area contributed by atoms with Crippen molar-refractivity contribution in [2.75, 3.05) is 7.11 Å². The molecule has 0 aliphatic rings. The zero-order valence-corrected chi connectivity index (χ0v) is 11.6. The molecular weight excluding hydrogens is 270 g/mol. The second kappa shape index (κ2) is 5.87. The molecule has 2 aromatic heterocycles. The summed E-state index contributed by atoms with van der Waals surface area (Å²) in [6, 6.07) is 1.74. The van der Waals surface area contributed by atoms with Crippen LogP contribution in [-0.4, -0.2) is 33.7 Å². The standard InChI is InChI=1S/C11H13N3O4S/c1-4-7-5-8(14-18-7)9-12-13-11(17-9)19-6(2)10(15)16-3/h5-6H,4H2,1-3H3. The number of hydrogen-bond donors (Lipinski definition) is 0. The Balaban J connectivity index is 2.08. The summed E-state index contributed by atoms with van der Waals surface area (Å²) in [6.45, 7) is 3.66. The third-order valence-corrected chi connectivity index (χ3v) is 3.26. The zero-order chi connectivity index (χ0) is 13.8. The van der Waals surface area contributed by atoms with Crippen molar-refractivity contribution in [2.24, 2.45) is 0 Å². The number of methoxy groups -OCH3 is 1. The van der Waals surface area contributed by atoms with Crippen molar-refractivity contribution in [3.63, 3.8) is 0 Å². The number of thioether (sulfide) groups is 1. The maximum atomic E-state index is 11.3. The Morgan fingerprint density at radius 3 is 2.95 bits per heavy atom. The summed E-state index contributed by atoms with van der Waals surface area (Å²) in [4.78, 5) is 11.3. The number of carbonyl (C=O) groups excluding carboxylic acids is 1. The molecule has 0 aliphatic carbocycles. The molecule has 2 rings (SSSR count). The lowest BCUT2D eigenvalue weighted by molar-refractivity contribution is -0.139. The van der Waals surface area contributed by atoms with Crippen LogP contribution < -0.4 is 0 Å². The van der Waals surface area contributed by atoms with Gasteiger partial charge in [-0.3, -0.25) is 4.79 Å². The van der Waals surface area contributed by atoms with Crippen LogP contribution in [0.3, 0.4) is 0 Å². The van der Waals surface area contributed by atoms with E-state index < -0.39 is 5.25 Å². The van der Waals surface area contributed by atoms with Crippen molar-refractivity contribution in [3.05, 3.63) is 11.8 Å². The molecule has 0 bridgehead atoms. The summed E-state index contributed by atoms with van der Waals surface area (Å²) in [6.07, 6.45) is 0.738. The fourth-order valence-electron chi connectivity index (χ4n) is 1.31. The van der Waals surface area contributed by atoms with Gasteiger partial charge in [-0.15, -0.1) is 10.2 Å². The van der Waals surface area contributed by atoms with Crippen LogP contribution in [0.4, 0.5) is 0 Å². The van der Waals surface area contributed by atoms with Gasteiger partial charge >= 0.3 is 5.97 Å². The van der Waals surface area contributed by atoms with Gasteiger partial charge in [0, 0.05) is 12.5 Å². The average Bonchev–Trinajstić information content (AvgIpc) is 3.05. The van der Waals surface area contributed by atoms with Crippen LogP contribution >= 0.6 is 11.8 Å². The van der Waals surface area contributed by atoms with Crippen LogP contribution in [-0.2, 0) is 16.0 Å². The van der Waals surface area contributed by atoms with E-state index in [2.05, 4.69) is 20.1 Å². The molecule has 0 aliphatic heterocycles. The minimum atomic E-state index is -0.415. The summed E-state index contributed by atoms with van der Waals surface area (Å²) < 4.78 is 15.1. The van der Waals surface area contributed by atoms with E-state index in [0.717, 1.165) is 23.9 Å². The molecule has 1 atom stereocenters. The van der Waals surface area contributed by atoms with Crippen molar-refractivity contribution < 1.29 is 18.5 Å². The molecule has 19 heavy (non-hydrogen) atoms. The first-order valence-electron chi connectivity index (χ1n) is 5.68. The molecule has 102 valence electrons. The van der Waals surface area contributed by atoms with Crippen molar-refractivity contribution >= 4 is 17.7 Å². The Labute approximate surface area is 113 Å². The monoisotopic (exact) mass is 283 g/mol. The van der Waals surface area contributed by atoms with E-state index in [9.17, 15) is 4.79 Å². The smallest absolute Gasteiger partial charge is 0.319 e. The van der Waals surface area contributed by atoms with E-state index >= 15 is 0 Å². The summed E-state index contributed by atoms with van der Waals surface area (Å²) >= 11 is 1.13. The number of aryl methyl sites for hydroxylation is 1. The van der Waals surface area contributed by atoms with Crippen LogP contribution in [0.15, 0.2) is 20.2 Å². The Kier molecular flexibility index (Phi) is 4.20. The third kappa shape index (κ3) is 3.14. The second-order valence-corrected chi connectivity index (χ2v) is 4.98. The molecule has 8 heteroatoms. The highest BCUT2D eigenvalue weighted by atomic mass is 32.2. The van der Waals surface area contributed by atoms with E-state index in [1.54, 1.807) is 13.0 Å². The van der Waals surface area contributed by atoms with Crippen molar-refractivity contribution in [1.29, 1.82) is 0 Å². The normalized spacial score (nSPS) is 12.4. The first-order valence-corrected chi connectivity index (χ1v) is 6.56. The summed E-state index contributed by atoms with van der Waals surface area (Å²) in [5, 5.41) is 11.4. The van der Waals surface area contributed by atoms with Crippen LogP contribution in [0.25, 0.3) is 11.6 Å². The highest BCUT2D eigenvalue weighted by molar-refractivity contribution is 8.00. The number of esters is 1. The van der Waals surface area contributed by atoms with Gasteiger partial charge in [0.15, 0.2) is 5.69 Å². The topological polar surface area (TPSA) is 91.2 Å². The van der Waals surface area contributed by atoms with E-state index in [-0.39, 0.29) is 17.1 Å². The Bertz CT molecular complexity index is 566. The number of carbonyl (C=O) groups is 1. The van der Waals surface area contributed by atoms with E-state index in [4.69, 9.17) is 8.94 Å². The predicted octanol–water partition coefficient (Wildman–Crippen LogP) is 1.94. The molecule has 0 N–H and O–H groups in total. The second-order valence-electron chi connectivity index (χ2n) is 3.69. The molecule has 0 saturated carbocycles. The van der Waals surface area contributed by atoms with Crippen molar-refractivity contribution in [1.82, 2.24) is 15.4 Å². The van der Waals surface area contributed by atoms with Gasteiger partial charge in [-0.2, -0.15) is 0 Å². The Hall–Kier alpha value is -1.83. The minimum Gasteiger partial charge on any atom is -0.468 e. The first kappa shape index (κ1) is 13.6. The molecule has 0 aromatic carbocycles. The molecular formula is C11H13N3O4S. The lowest BCUT2D eigenvalue weighted by atomic mass is 10.3. The fraction of sp³-hybridized carbons (Fsp3) is 0.455. The molecule has 2 aromatic rings. The van der Waals surface area contributed by atoms with Crippen LogP contribution in [0, 0.1) is 0 Å². The molecule has 0 radical (unpaired) electrons.